The zero-order valence-corrected chi connectivity index (χ0v) is 17.0. The summed E-state index contributed by atoms with van der Waals surface area (Å²) in [7, 11) is 0. The topological polar surface area (TPSA) is 72.2 Å². The third-order valence-electron chi connectivity index (χ3n) is 4.55. The van der Waals surface area contributed by atoms with E-state index in [1.54, 1.807) is 4.52 Å². The van der Waals surface area contributed by atoms with Crippen LogP contribution >= 0.6 is 11.3 Å². The first kappa shape index (κ1) is 18.3. The molecule has 0 spiro atoms. The van der Waals surface area contributed by atoms with Crippen LogP contribution < -0.4 is 5.32 Å². The highest BCUT2D eigenvalue weighted by molar-refractivity contribution is 7.19. The summed E-state index contributed by atoms with van der Waals surface area (Å²) in [5.74, 6) is 0.640. The minimum Gasteiger partial charge on any atom is -0.322 e. The molecule has 1 N–H and O–H groups in total. The van der Waals surface area contributed by atoms with Crippen LogP contribution in [0.1, 0.15) is 42.5 Å². The molecule has 0 saturated heterocycles. The Morgan fingerprint density at radius 2 is 1.68 bits per heavy atom. The van der Waals surface area contributed by atoms with Crippen molar-refractivity contribution >= 4 is 27.9 Å². The molecule has 4 rings (SSSR count). The SMILES string of the molecule is Cc1nnc2sc(-c3ccc(NC(=O)c4ccc(C(C)(C)C)cc4)cc3)nn12. The molecule has 0 aliphatic carbocycles. The van der Waals surface area contributed by atoms with Crippen LogP contribution in [0.5, 0.6) is 0 Å². The van der Waals surface area contributed by atoms with Crippen molar-refractivity contribution in [3.05, 3.63) is 65.5 Å². The molecule has 0 atom stereocenters. The number of carbonyl (C=O) groups excluding carboxylic acids is 1. The number of benzene rings is 2. The lowest BCUT2D eigenvalue weighted by atomic mass is 9.87. The van der Waals surface area contributed by atoms with Gasteiger partial charge < -0.3 is 5.32 Å². The number of aryl methyl sites for hydroxylation is 1. The number of aromatic nitrogens is 4. The third kappa shape index (κ3) is 3.53. The van der Waals surface area contributed by atoms with Gasteiger partial charge in [-0.2, -0.15) is 9.61 Å². The van der Waals surface area contributed by atoms with E-state index in [9.17, 15) is 4.79 Å². The van der Waals surface area contributed by atoms with E-state index in [0.717, 1.165) is 27.0 Å². The van der Waals surface area contributed by atoms with Gasteiger partial charge in [0.05, 0.1) is 0 Å². The number of hydrogen-bond acceptors (Lipinski definition) is 5. The van der Waals surface area contributed by atoms with Crippen molar-refractivity contribution < 1.29 is 4.79 Å². The lowest BCUT2D eigenvalue weighted by Crippen LogP contribution is -2.14. The molecule has 28 heavy (non-hydrogen) atoms. The first-order chi connectivity index (χ1) is 13.3. The van der Waals surface area contributed by atoms with E-state index in [1.165, 1.54) is 16.9 Å². The Balaban J connectivity index is 1.48. The summed E-state index contributed by atoms with van der Waals surface area (Å²) >= 11 is 1.48. The highest BCUT2D eigenvalue weighted by Gasteiger charge is 2.15. The van der Waals surface area contributed by atoms with Gasteiger partial charge in [-0.3, -0.25) is 4.79 Å². The summed E-state index contributed by atoms with van der Waals surface area (Å²) in [6.07, 6.45) is 0. The number of nitrogens with one attached hydrogen (secondary N) is 1. The summed E-state index contributed by atoms with van der Waals surface area (Å²) in [6, 6.07) is 15.4. The molecule has 0 unspecified atom stereocenters. The van der Waals surface area contributed by atoms with Crippen molar-refractivity contribution in [1.29, 1.82) is 0 Å². The average Bonchev–Trinajstić information content (AvgIpc) is 3.24. The minimum atomic E-state index is -0.123. The summed E-state index contributed by atoms with van der Waals surface area (Å²) in [6.45, 7) is 8.33. The second kappa shape index (κ2) is 6.83. The Bertz CT molecular complexity index is 1130. The van der Waals surface area contributed by atoms with E-state index in [-0.39, 0.29) is 11.3 Å². The first-order valence-corrected chi connectivity index (χ1v) is 9.84. The zero-order valence-electron chi connectivity index (χ0n) is 16.2. The monoisotopic (exact) mass is 391 g/mol. The zero-order chi connectivity index (χ0) is 19.9. The lowest BCUT2D eigenvalue weighted by molar-refractivity contribution is 0.102. The van der Waals surface area contributed by atoms with E-state index in [4.69, 9.17) is 0 Å². The van der Waals surface area contributed by atoms with Gasteiger partial charge in [0.15, 0.2) is 5.82 Å². The van der Waals surface area contributed by atoms with E-state index in [0.29, 0.717) is 5.56 Å². The van der Waals surface area contributed by atoms with Gasteiger partial charge in [0.2, 0.25) is 4.96 Å². The maximum absolute atomic E-state index is 12.5. The van der Waals surface area contributed by atoms with Gasteiger partial charge in [-0.15, -0.1) is 10.2 Å². The molecular weight excluding hydrogens is 370 g/mol. The summed E-state index contributed by atoms with van der Waals surface area (Å²) < 4.78 is 1.73. The van der Waals surface area contributed by atoms with Crippen LogP contribution in [0.2, 0.25) is 0 Å². The largest absolute Gasteiger partial charge is 0.322 e. The summed E-state index contributed by atoms with van der Waals surface area (Å²) in [5.41, 5.74) is 3.63. The molecule has 0 saturated carbocycles. The first-order valence-electron chi connectivity index (χ1n) is 9.02. The van der Waals surface area contributed by atoms with Crippen LogP contribution in [0, 0.1) is 6.92 Å². The van der Waals surface area contributed by atoms with Crippen molar-refractivity contribution in [3.8, 4) is 10.6 Å². The van der Waals surface area contributed by atoms with Crippen molar-refractivity contribution in [3.63, 3.8) is 0 Å². The smallest absolute Gasteiger partial charge is 0.255 e. The van der Waals surface area contributed by atoms with E-state index >= 15 is 0 Å². The molecule has 0 aliphatic heterocycles. The molecule has 142 valence electrons. The predicted octanol–water partition coefficient (Wildman–Crippen LogP) is 4.71. The van der Waals surface area contributed by atoms with E-state index in [1.807, 2.05) is 55.5 Å². The van der Waals surface area contributed by atoms with Gasteiger partial charge in [0, 0.05) is 16.8 Å². The van der Waals surface area contributed by atoms with Crippen LogP contribution in [0.4, 0.5) is 5.69 Å². The number of amides is 1. The molecule has 2 aromatic heterocycles. The fourth-order valence-electron chi connectivity index (χ4n) is 2.85. The quantitative estimate of drug-likeness (QED) is 0.549. The third-order valence-corrected chi connectivity index (χ3v) is 5.50. The highest BCUT2D eigenvalue weighted by atomic mass is 32.1. The second-order valence-electron chi connectivity index (χ2n) is 7.71. The Morgan fingerprint density at radius 1 is 1.00 bits per heavy atom. The molecule has 2 heterocycles. The molecule has 7 heteroatoms. The van der Waals surface area contributed by atoms with E-state index in [2.05, 4.69) is 41.4 Å². The van der Waals surface area contributed by atoms with Gasteiger partial charge in [-0.1, -0.05) is 44.2 Å². The van der Waals surface area contributed by atoms with Crippen LogP contribution in [0.15, 0.2) is 48.5 Å². The molecule has 0 bridgehead atoms. The summed E-state index contributed by atoms with van der Waals surface area (Å²) in [5, 5.41) is 16.4. The number of hydrogen-bond donors (Lipinski definition) is 1. The highest BCUT2D eigenvalue weighted by Crippen LogP contribution is 2.27. The van der Waals surface area contributed by atoms with Gasteiger partial charge >= 0.3 is 0 Å². The molecular formula is C21H21N5OS. The number of nitrogens with zero attached hydrogens (tertiary/aromatic N) is 4. The molecule has 0 aliphatic rings. The molecule has 4 aromatic rings. The Hall–Kier alpha value is -3.06. The number of fused-ring (bicyclic) bond motifs is 1. The maximum Gasteiger partial charge on any atom is 0.255 e. The molecule has 1 amide bonds. The van der Waals surface area contributed by atoms with Crippen LogP contribution in [-0.2, 0) is 5.41 Å². The average molecular weight is 392 g/mol. The molecule has 6 nitrogen and oxygen atoms in total. The molecule has 0 fully saturated rings. The van der Waals surface area contributed by atoms with Crippen LogP contribution in [0.3, 0.4) is 0 Å². The normalized spacial score (nSPS) is 11.7. The van der Waals surface area contributed by atoms with Gasteiger partial charge in [-0.05, 0) is 54.3 Å². The number of anilines is 1. The fourth-order valence-corrected chi connectivity index (χ4v) is 3.74. The Morgan fingerprint density at radius 3 is 2.29 bits per heavy atom. The Labute approximate surface area is 167 Å². The second-order valence-corrected chi connectivity index (χ2v) is 8.66. The predicted molar refractivity (Wildman–Crippen MR) is 112 cm³/mol. The van der Waals surface area contributed by atoms with Gasteiger partial charge in [-0.25, -0.2) is 0 Å². The van der Waals surface area contributed by atoms with Gasteiger partial charge in [0.1, 0.15) is 5.01 Å². The minimum absolute atomic E-state index is 0.0663. The van der Waals surface area contributed by atoms with Crippen LogP contribution in [0.25, 0.3) is 15.5 Å². The van der Waals surface area contributed by atoms with Crippen molar-refractivity contribution in [2.75, 3.05) is 5.32 Å². The number of carbonyl (C=O) groups is 1. The van der Waals surface area contributed by atoms with Crippen LogP contribution in [-0.4, -0.2) is 25.7 Å². The van der Waals surface area contributed by atoms with E-state index < -0.39 is 0 Å². The lowest BCUT2D eigenvalue weighted by Gasteiger charge is -2.19. The standard InChI is InChI=1S/C21H21N5OS/c1-13-23-24-20-26(13)25-19(28-20)15-7-11-17(12-8-15)22-18(27)14-5-9-16(10-6-14)21(2,3)4/h5-12H,1-4H3,(H,22,27). The van der Waals surface area contributed by atoms with Crippen molar-refractivity contribution in [2.45, 2.75) is 33.1 Å². The van der Waals surface area contributed by atoms with Crippen molar-refractivity contribution in [1.82, 2.24) is 19.8 Å². The van der Waals surface area contributed by atoms with Crippen molar-refractivity contribution in [2.24, 2.45) is 0 Å². The summed E-state index contributed by atoms with van der Waals surface area (Å²) in [4.78, 5) is 13.3. The number of rotatable bonds is 3. The fraction of sp³-hybridized carbons (Fsp3) is 0.238. The Kier molecular flexibility index (Phi) is 4.47. The van der Waals surface area contributed by atoms with Gasteiger partial charge in [0.25, 0.3) is 5.91 Å². The molecule has 2 aromatic carbocycles. The maximum atomic E-state index is 12.5. The molecule has 0 radical (unpaired) electrons.